The van der Waals surface area contributed by atoms with Crippen LogP contribution in [0.4, 0.5) is 11.4 Å². The number of aromatic nitrogens is 2. The maximum atomic E-state index is 7.09. The number of hydrogen-bond donors (Lipinski definition) is 0. The minimum atomic E-state index is -0.180. The molecular formula is C58H60N4O. The fourth-order valence-corrected chi connectivity index (χ4v) is 9.58. The fraction of sp³-hybridized carbons (Fsp3) is 0.259. The Balaban J connectivity index is 1.21. The van der Waals surface area contributed by atoms with Crippen LogP contribution in [0.25, 0.3) is 49.9 Å². The predicted octanol–water partition coefficient (Wildman–Crippen LogP) is 15.8. The fourth-order valence-electron chi connectivity index (χ4n) is 9.58. The van der Waals surface area contributed by atoms with E-state index >= 15 is 0 Å². The number of rotatable bonds is 7. The average molecular weight is 829 g/mol. The van der Waals surface area contributed by atoms with Crippen molar-refractivity contribution in [3.63, 3.8) is 0 Å². The summed E-state index contributed by atoms with van der Waals surface area (Å²) < 4.78 is 9.38. The standard InChI is InChI=1S/C58H60N4O/c1-38-19-17-20-39(2)53(38)42-32-45(61-37-60(54(57(6,7)8)55(61)58(9,10)11)44-24-18-23-41(31-44)40-21-13-12-14-22-40)35-47(33-42)63-46-27-28-49-48-25-15-16-26-50(48)62(51(49)36-46)52-34-43(29-30-59-52)56(3,4)5/h12-36H,37H2,1-11H3. The number of benzene rings is 6. The van der Waals surface area contributed by atoms with E-state index < -0.39 is 0 Å². The first-order chi connectivity index (χ1) is 30.0. The number of allylic oxidation sites excluding steroid dienone is 2. The van der Waals surface area contributed by atoms with Gasteiger partial charge in [0.2, 0.25) is 0 Å². The topological polar surface area (TPSA) is 33.5 Å². The summed E-state index contributed by atoms with van der Waals surface area (Å²) >= 11 is 0. The van der Waals surface area contributed by atoms with Crippen LogP contribution in [-0.2, 0) is 5.41 Å². The van der Waals surface area contributed by atoms with Gasteiger partial charge in [0.25, 0.3) is 0 Å². The first kappa shape index (κ1) is 41.7. The van der Waals surface area contributed by atoms with Crippen LogP contribution in [0.15, 0.2) is 163 Å². The molecule has 63 heavy (non-hydrogen) atoms. The van der Waals surface area contributed by atoms with E-state index in [1.54, 1.807) is 0 Å². The molecule has 3 heterocycles. The normalized spacial score (nSPS) is 13.8. The zero-order valence-electron chi connectivity index (χ0n) is 38.8. The van der Waals surface area contributed by atoms with Crippen LogP contribution in [-0.4, -0.2) is 16.2 Å². The number of pyridine rings is 1. The van der Waals surface area contributed by atoms with E-state index in [9.17, 15) is 0 Å². The van der Waals surface area contributed by atoms with E-state index in [0.29, 0.717) is 6.67 Å². The highest BCUT2D eigenvalue weighted by atomic mass is 16.5. The first-order valence-corrected chi connectivity index (χ1v) is 22.3. The molecule has 0 saturated heterocycles. The van der Waals surface area contributed by atoms with Crippen LogP contribution in [0, 0.1) is 24.7 Å². The lowest BCUT2D eigenvalue weighted by Crippen LogP contribution is -2.31. The van der Waals surface area contributed by atoms with Crippen molar-refractivity contribution in [1.29, 1.82) is 0 Å². The van der Waals surface area contributed by atoms with Crippen LogP contribution >= 0.6 is 0 Å². The van der Waals surface area contributed by atoms with E-state index in [4.69, 9.17) is 9.72 Å². The number of anilines is 2. The third-order valence-corrected chi connectivity index (χ3v) is 12.4. The van der Waals surface area contributed by atoms with Gasteiger partial charge in [0.1, 0.15) is 17.3 Å². The maximum Gasteiger partial charge on any atom is 0.137 e. The van der Waals surface area contributed by atoms with Gasteiger partial charge in [0.05, 0.1) is 17.7 Å². The Morgan fingerprint density at radius 1 is 0.476 bits per heavy atom. The minimum Gasteiger partial charge on any atom is -0.457 e. The average Bonchev–Trinajstić information content (AvgIpc) is 3.82. The van der Waals surface area contributed by atoms with Crippen molar-refractivity contribution < 1.29 is 4.74 Å². The highest BCUT2D eigenvalue weighted by Gasteiger charge is 2.42. The third kappa shape index (κ3) is 7.90. The first-order valence-electron chi connectivity index (χ1n) is 22.3. The summed E-state index contributed by atoms with van der Waals surface area (Å²) in [5.41, 5.74) is 15.2. The molecule has 0 atom stereocenters. The molecule has 0 aliphatic carbocycles. The third-order valence-electron chi connectivity index (χ3n) is 12.4. The van der Waals surface area contributed by atoms with Crippen molar-refractivity contribution in [2.24, 2.45) is 10.8 Å². The lowest BCUT2D eigenvalue weighted by atomic mass is 9.81. The molecule has 1 aliphatic rings. The largest absolute Gasteiger partial charge is 0.457 e. The van der Waals surface area contributed by atoms with Crippen molar-refractivity contribution in [2.75, 3.05) is 16.5 Å². The van der Waals surface area contributed by atoms with Crippen molar-refractivity contribution in [3.05, 3.63) is 180 Å². The quantitative estimate of drug-likeness (QED) is 0.160. The second-order valence-corrected chi connectivity index (χ2v) is 20.4. The van der Waals surface area contributed by atoms with E-state index in [0.717, 1.165) is 45.0 Å². The molecule has 8 aromatic rings. The predicted molar refractivity (Wildman–Crippen MR) is 266 cm³/mol. The summed E-state index contributed by atoms with van der Waals surface area (Å²) in [6.07, 6.45) is 1.93. The Labute approximate surface area is 374 Å². The van der Waals surface area contributed by atoms with E-state index in [2.05, 4.69) is 236 Å². The second-order valence-electron chi connectivity index (χ2n) is 20.4. The van der Waals surface area contributed by atoms with Crippen molar-refractivity contribution >= 4 is 33.2 Å². The van der Waals surface area contributed by atoms with Gasteiger partial charge in [-0.3, -0.25) is 4.57 Å². The molecule has 0 N–H and O–H groups in total. The molecule has 0 amide bonds. The van der Waals surface area contributed by atoms with Gasteiger partial charge in [0.15, 0.2) is 0 Å². The smallest absolute Gasteiger partial charge is 0.137 e. The molecule has 0 fully saturated rings. The van der Waals surface area contributed by atoms with Gasteiger partial charge < -0.3 is 14.5 Å². The number of aryl methyl sites for hydroxylation is 2. The van der Waals surface area contributed by atoms with Gasteiger partial charge in [-0.25, -0.2) is 4.98 Å². The summed E-state index contributed by atoms with van der Waals surface area (Å²) in [7, 11) is 0. The number of ether oxygens (including phenoxy) is 1. The molecule has 0 spiro atoms. The van der Waals surface area contributed by atoms with Crippen LogP contribution < -0.4 is 14.5 Å². The molecule has 5 heteroatoms. The highest BCUT2D eigenvalue weighted by Crippen LogP contribution is 2.49. The minimum absolute atomic E-state index is 0.0167. The summed E-state index contributed by atoms with van der Waals surface area (Å²) in [6.45, 7) is 25.9. The highest BCUT2D eigenvalue weighted by molar-refractivity contribution is 6.09. The molecule has 1 aliphatic heterocycles. The summed E-state index contributed by atoms with van der Waals surface area (Å²) in [4.78, 5) is 10.0. The Morgan fingerprint density at radius 2 is 1.10 bits per heavy atom. The van der Waals surface area contributed by atoms with Crippen LogP contribution in [0.3, 0.4) is 0 Å². The Morgan fingerprint density at radius 3 is 1.79 bits per heavy atom. The van der Waals surface area contributed by atoms with Gasteiger partial charge in [-0.15, -0.1) is 0 Å². The molecular weight excluding hydrogens is 769 g/mol. The van der Waals surface area contributed by atoms with E-state index in [1.165, 1.54) is 55.8 Å². The number of fused-ring (bicyclic) bond motifs is 3. The molecule has 6 aromatic carbocycles. The summed E-state index contributed by atoms with van der Waals surface area (Å²) in [6, 6.07) is 52.5. The molecule has 9 rings (SSSR count). The Hall–Kier alpha value is -6.59. The van der Waals surface area contributed by atoms with Gasteiger partial charge >= 0.3 is 0 Å². The second kappa shape index (κ2) is 15.6. The molecule has 0 unspecified atom stereocenters. The van der Waals surface area contributed by atoms with Crippen molar-refractivity contribution in [2.45, 2.75) is 81.6 Å². The van der Waals surface area contributed by atoms with Crippen LogP contribution in [0.5, 0.6) is 11.5 Å². The maximum absolute atomic E-state index is 7.09. The zero-order valence-corrected chi connectivity index (χ0v) is 38.8. The summed E-state index contributed by atoms with van der Waals surface area (Å²) in [5, 5.41) is 2.35. The van der Waals surface area contributed by atoms with Gasteiger partial charge in [-0.2, -0.15) is 0 Å². The van der Waals surface area contributed by atoms with E-state index in [1.807, 2.05) is 6.20 Å². The van der Waals surface area contributed by atoms with Crippen molar-refractivity contribution in [3.8, 4) is 39.6 Å². The summed E-state index contributed by atoms with van der Waals surface area (Å²) in [5.74, 6) is 2.45. The van der Waals surface area contributed by atoms with Gasteiger partial charge in [0, 0.05) is 62.7 Å². The van der Waals surface area contributed by atoms with Gasteiger partial charge in [-0.05, 0) is 113 Å². The molecule has 5 nitrogen and oxygen atoms in total. The number of nitrogens with zero attached hydrogens (tertiary/aromatic N) is 4. The molecule has 0 bridgehead atoms. The lowest BCUT2D eigenvalue weighted by Gasteiger charge is -2.34. The molecule has 2 aromatic heterocycles. The molecule has 0 radical (unpaired) electrons. The Bertz CT molecular complexity index is 3020. The number of para-hydroxylation sites is 1. The van der Waals surface area contributed by atoms with E-state index in [-0.39, 0.29) is 16.2 Å². The zero-order chi connectivity index (χ0) is 44.4. The molecule has 0 saturated carbocycles. The number of hydrogen-bond acceptors (Lipinski definition) is 4. The van der Waals surface area contributed by atoms with Gasteiger partial charge in [-0.1, -0.05) is 141 Å². The monoisotopic (exact) mass is 828 g/mol. The van der Waals surface area contributed by atoms with Crippen LogP contribution in [0.1, 0.15) is 79.0 Å². The SMILES string of the molecule is Cc1cccc(C)c1-c1cc(Oc2ccc3c4ccccc4n(-c4cc(C(C)(C)C)ccn4)c3c2)cc(N2CN(c3cccc(-c4ccccc4)c3)C(C(C)(C)C)=C2C(C)(C)C)c1. The lowest BCUT2D eigenvalue weighted by molar-refractivity contribution is 0.444. The Kier molecular flexibility index (Phi) is 10.4. The molecule has 318 valence electrons. The van der Waals surface area contributed by atoms with Crippen LogP contribution in [0.2, 0.25) is 0 Å². The van der Waals surface area contributed by atoms with Crippen molar-refractivity contribution in [1.82, 2.24) is 9.55 Å².